The molecule has 19 heteroatoms. The van der Waals surface area contributed by atoms with Crippen LogP contribution in [0.1, 0.15) is 118 Å². The quantitative estimate of drug-likeness (QED) is 0.0490. The fraction of sp³-hybridized carbons (Fsp3) is 0.732. The number of carbonyl (C=O) groups is 8. The second-order valence-electron chi connectivity index (χ2n) is 21.4. The maximum atomic E-state index is 14.8. The van der Waals surface area contributed by atoms with Gasteiger partial charge in [0.25, 0.3) is 0 Å². The molecular formula is C56H90N8O10S. The highest BCUT2D eigenvalue weighted by molar-refractivity contribution is 8.00. The number of unbranched alkanes of at least 4 members (excludes halogenated alkanes) is 2. The van der Waals surface area contributed by atoms with E-state index in [1.165, 1.54) is 30.5 Å². The number of methoxy groups -OCH3 is 2. The summed E-state index contributed by atoms with van der Waals surface area (Å²) < 4.78 is 12.2. The third-order valence-corrected chi connectivity index (χ3v) is 16.6. The average Bonchev–Trinajstić information content (AvgIpc) is 3.97. The number of piperazine rings is 1. The van der Waals surface area contributed by atoms with Gasteiger partial charge in [0.1, 0.15) is 17.6 Å². The molecule has 75 heavy (non-hydrogen) atoms. The van der Waals surface area contributed by atoms with E-state index in [0.717, 1.165) is 18.4 Å². The maximum absolute atomic E-state index is 14.8. The molecule has 18 nitrogen and oxygen atoms in total. The number of nitrogens with zero attached hydrogens (tertiary/aromatic N) is 7. The van der Waals surface area contributed by atoms with Crippen molar-refractivity contribution < 1.29 is 47.8 Å². The van der Waals surface area contributed by atoms with Crippen LogP contribution in [0.4, 0.5) is 0 Å². The number of likely N-dealkylation sites (N-methyl/N-ethyl adjacent to an activating group) is 1. The number of carbonyl (C=O) groups excluding carboxylic acids is 8. The number of thioether (sulfide) groups is 1. The summed E-state index contributed by atoms with van der Waals surface area (Å²) in [7, 11) is 8.73. The van der Waals surface area contributed by atoms with Gasteiger partial charge in [-0.2, -0.15) is 0 Å². The number of ketones is 2. The molecule has 9 atom stereocenters. The van der Waals surface area contributed by atoms with Gasteiger partial charge in [0, 0.05) is 125 Å². The summed E-state index contributed by atoms with van der Waals surface area (Å²) in [6.07, 6.45) is 4.04. The van der Waals surface area contributed by atoms with Crippen molar-refractivity contribution in [2.75, 3.05) is 86.9 Å². The zero-order valence-corrected chi connectivity index (χ0v) is 48.0. The summed E-state index contributed by atoms with van der Waals surface area (Å²) in [5.74, 6) is -0.880. The van der Waals surface area contributed by atoms with Crippen LogP contribution in [-0.2, 0) is 54.3 Å². The molecule has 0 aromatic heterocycles. The van der Waals surface area contributed by atoms with Crippen molar-refractivity contribution in [2.45, 2.75) is 155 Å². The molecule has 1 N–H and O–H groups in total. The van der Waals surface area contributed by atoms with E-state index in [9.17, 15) is 38.4 Å². The standard InChI is InChI=1S/C56H90N8O10S/c1-13-38(4)52(46(73-11)35-49(69)63-27-20-23-44(63)53(74-12)39(5)45(67)34-43(40(6)65)33-42-21-16-14-17-22-42)60(10)55(72)51(37(2)3)58-56(59(8)9)62-30-28-61(29-31-62)48(68)24-18-15-19-26-64-50(70)36-47(54(64)71)75-32-25-57-41(7)66/h14,16-17,21-22,37-39,43-44,46-47,51-53H,13,15,18-20,23-36H2,1-12H3,(H,57,66)/t38-,39-,43+,44-,46+,47?,51-,52-,53+/m0/s1. The zero-order chi connectivity index (χ0) is 55.5. The monoisotopic (exact) mass is 1070 g/mol. The Morgan fingerprint density at radius 3 is 2.11 bits per heavy atom. The molecule has 420 valence electrons. The third kappa shape index (κ3) is 17.8. The number of nitrogens with one attached hydrogen (secondary N) is 1. The first-order valence-electron chi connectivity index (χ1n) is 27.3. The molecule has 0 aliphatic carbocycles. The van der Waals surface area contributed by atoms with E-state index in [1.54, 1.807) is 26.2 Å². The Labute approximate surface area is 451 Å². The highest BCUT2D eigenvalue weighted by Crippen LogP contribution is 2.32. The van der Waals surface area contributed by atoms with Crippen LogP contribution >= 0.6 is 11.8 Å². The minimum atomic E-state index is -0.752. The Bertz CT molecular complexity index is 2100. The second-order valence-corrected chi connectivity index (χ2v) is 22.7. The lowest BCUT2D eigenvalue weighted by atomic mass is 9.84. The molecular weight excluding hydrogens is 977 g/mol. The predicted molar refractivity (Wildman–Crippen MR) is 293 cm³/mol. The summed E-state index contributed by atoms with van der Waals surface area (Å²) in [5.41, 5.74) is 0.997. The fourth-order valence-electron chi connectivity index (χ4n) is 10.8. The molecule has 0 bridgehead atoms. The van der Waals surface area contributed by atoms with Crippen LogP contribution in [0.5, 0.6) is 0 Å². The van der Waals surface area contributed by atoms with Gasteiger partial charge in [0.15, 0.2) is 5.96 Å². The maximum Gasteiger partial charge on any atom is 0.247 e. The van der Waals surface area contributed by atoms with Gasteiger partial charge >= 0.3 is 0 Å². The van der Waals surface area contributed by atoms with Crippen LogP contribution < -0.4 is 5.32 Å². The number of hydrogen-bond acceptors (Lipinski definition) is 12. The topological polar surface area (TPSA) is 199 Å². The summed E-state index contributed by atoms with van der Waals surface area (Å²) >= 11 is 1.39. The molecule has 3 aliphatic heterocycles. The molecule has 6 amide bonds. The zero-order valence-electron chi connectivity index (χ0n) is 47.2. The van der Waals surface area contributed by atoms with Gasteiger partial charge < -0.3 is 39.3 Å². The number of amides is 6. The molecule has 0 radical (unpaired) electrons. The Kier molecular flexibility index (Phi) is 25.7. The summed E-state index contributed by atoms with van der Waals surface area (Å²) in [5, 5.41) is 2.28. The lowest BCUT2D eigenvalue weighted by molar-refractivity contribution is -0.146. The van der Waals surface area contributed by atoms with Crippen LogP contribution in [0.15, 0.2) is 35.3 Å². The number of likely N-dealkylation sites (tertiary alicyclic amines) is 2. The number of aliphatic imine (C=N–C) groups is 1. The molecule has 4 rings (SSSR count). The van der Waals surface area contributed by atoms with Crippen molar-refractivity contribution >= 4 is 64.7 Å². The van der Waals surface area contributed by atoms with E-state index in [0.29, 0.717) is 96.1 Å². The fourth-order valence-corrected chi connectivity index (χ4v) is 11.8. The van der Waals surface area contributed by atoms with Crippen LogP contribution in [0, 0.1) is 23.7 Å². The van der Waals surface area contributed by atoms with E-state index in [2.05, 4.69) is 24.1 Å². The predicted octanol–water partition coefficient (Wildman–Crippen LogP) is 4.96. The van der Waals surface area contributed by atoms with Crippen molar-refractivity contribution in [2.24, 2.45) is 28.7 Å². The lowest BCUT2D eigenvalue weighted by Crippen LogP contribution is -2.56. The Morgan fingerprint density at radius 1 is 0.853 bits per heavy atom. The summed E-state index contributed by atoms with van der Waals surface area (Å²) in [6.45, 7) is 16.2. The lowest BCUT2D eigenvalue weighted by Gasteiger charge is -2.41. The summed E-state index contributed by atoms with van der Waals surface area (Å²) in [4.78, 5) is 122. The van der Waals surface area contributed by atoms with Crippen LogP contribution in [0.25, 0.3) is 0 Å². The largest absolute Gasteiger partial charge is 0.379 e. The number of Topliss-reactive ketones (excluding diaryl/α,β-unsaturated/α-hetero) is 2. The first-order valence-corrected chi connectivity index (χ1v) is 28.4. The SMILES string of the molecule is CC[C@H](C)[C@@H]([C@@H](CC(=O)N1CCC[C@H]1[C@H](OC)[C@@H](C)C(=O)C[C@@H](Cc1ccccc1)C(C)=O)OC)N(C)C(=O)[C@@H](N=C(N(C)C)N1CCN(C(=O)CCCCCN2C(=O)CC(SCCNC(C)=O)C2=O)CC1)C(C)C. The van der Waals surface area contributed by atoms with E-state index in [-0.39, 0.29) is 84.1 Å². The smallest absolute Gasteiger partial charge is 0.247 e. The van der Waals surface area contributed by atoms with Crippen LogP contribution in [-0.4, -0.2) is 205 Å². The molecule has 1 unspecified atom stereocenters. The average molecular weight is 1070 g/mol. The van der Waals surface area contributed by atoms with Crippen molar-refractivity contribution in [1.82, 2.24) is 34.7 Å². The van der Waals surface area contributed by atoms with Crippen molar-refractivity contribution in [3.8, 4) is 0 Å². The normalized spacial score (nSPS) is 20.1. The molecule has 3 heterocycles. The number of guanidine groups is 1. The number of rotatable bonds is 29. The number of imide groups is 1. The Morgan fingerprint density at radius 2 is 1.52 bits per heavy atom. The Balaban J connectivity index is 1.35. The van der Waals surface area contributed by atoms with Crippen LogP contribution in [0.2, 0.25) is 0 Å². The number of ether oxygens (including phenoxy) is 2. The van der Waals surface area contributed by atoms with Gasteiger partial charge in [0.2, 0.25) is 35.4 Å². The van der Waals surface area contributed by atoms with Gasteiger partial charge in [-0.25, -0.2) is 4.99 Å². The van der Waals surface area contributed by atoms with E-state index >= 15 is 0 Å². The first kappa shape index (κ1) is 62.7. The number of hydrogen-bond donors (Lipinski definition) is 1. The van der Waals surface area contributed by atoms with Crippen molar-refractivity contribution in [3.63, 3.8) is 0 Å². The highest BCUT2D eigenvalue weighted by atomic mass is 32.2. The molecule has 0 saturated carbocycles. The second kappa shape index (κ2) is 30.8. The highest BCUT2D eigenvalue weighted by Gasteiger charge is 2.44. The van der Waals surface area contributed by atoms with E-state index < -0.39 is 41.4 Å². The van der Waals surface area contributed by atoms with Gasteiger partial charge in [-0.05, 0) is 56.4 Å². The van der Waals surface area contributed by atoms with Crippen LogP contribution in [0.3, 0.4) is 0 Å². The van der Waals surface area contributed by atoms with E-state index in [1.807, 2.05) is 79.9 Å². The molecule has 3 aliphatic rings. The van der Waals surface area contributed by atoms with Crippen molar-refractivity contribution in [1.29, 1.82) is 0 Å². The van der Waals surface area contributed by atoms with Crippen molar-refractivity contribution in [3.05, 3.63) is 35.9 Å². The van der Waals surface area contributed by atoms with E-state index in [4.69, 9.17) is 14.5 Å². The molecule has 3 saturated heterocycles. The number of benzene rings is 1. The molecule has 0 spiro atoms. The van der Waals surface area contributed by atoms with Gasteiger partial charge in [0.05, 0.1) is 36.0 Å². The summed E-state index contributed by atoms with van der Waals surface area (Å²) in [6, 6.07) is 8.13. The first-order chi connectivity index (χ1) is 35.6. The minimum absolute atomic E-state index is 0.0214. The van der Waals surface area contributed by atoms with Gasteiger partial charge in [-0.15, -0.1) is 11.8 Å². The molecule has 3 fully saturated rings. The molecule has 1 aromatic rings. The Hall–Kier alpha value is -4.88. The third-order valence-electron chi connectivity index (χ3n) is 15.4. The molecule has 1 aromatic carbocycles. The minimum Gasteiger partial charge on any atom is -0.379 e. The van der Waals surface area contributed by atoms with Gasteiger partial charge in [-0.1, -0.05) is 77.8 Å². The van der Waals surface area contributed by atoms with Gasteiger partial charge in [-0.3, -0.25) is 43.3 Å².